The Morgan fingerprint density at radius 2 is 2.17 bits per heavy atom. The van der Waals surface area contributed by atoms with E-state index in [1.165, 1.54) is 32.0 Å². The van der Waals surface area contributed by atoms with Crippen molar-refractivity contribution in [3.8, 4) is 0 Å². The molecule has 0 bridgehead atoms. The molecule has 1 saturated carbocycles. The molecule has 2 rings (SSSR count). The van der Waals surface area contributed by atoms with E-state index in [-0.39, 0.29) is 16.7 Å². The summed E-state index contributed by atoms with van der Waals surface area (Å²) in [5.41, 5.74) is 0. The fourth-order valence-corrected chi connectivity index (χ4v) is 4.18. The highest BCUT2D eigenvalue weighted by atomic mass is 32.2. The quantitative estimate of drug-likeness (QED) is 0.730. The third-order valence-corrected chi connectivity index (χ3v) is 5.11. The zero-order chi connectivity index (χ0) is 13.3. The lowest BCUT2D eigenvalue weighted by atomic mass is 9.84. The Morgan fingerprint density at radius 1 is 1.44 bits per heavy atom. The van der Waals surface area contributed by atoms with Crippen molar-refractivity contribution in [2.75, 3.05) is 0 Å². The molecular weight excluding hydrogens is 250 g/mol. The summed E-state index contributed by atoms with van der Waals surface area (Å²) in [6.07, 6.45) is 4.33. The van der Waals surface area contributed by atoms with Gasteiger partial charge in [-0.15, -0.1) is 5.10 Å². The van der Waals surface area contributed by atoms with E-state index in [4.69, 9.17) is 0 Å². The molecule has 1 fully saturated rings. The molecule has 2 amide bonds. The first-order chi connectivity index (χ1) is 8.45. The van der Waals surface area contributed by atoms with Crippen molar-refractivity contribution in [1.82, 2.24) is 10.3 Å². The van der Waals surface area contributed by atoms with Crippen LogP contribution in [0.15, 0.2) is 5.10 Å². The fourth-order valence-electron chi connectivity index (χ4n) is 2.71. The van der Waals surface area contributed by atoms with Crippen LogP contribution >= 0.6 is 11.8 Å². The zero-order valence-corrected chi connectivity index (χ0v) is 11.8. The second kappa shape index (κ2) is 4.91. The average molecular weight is 269 g/mol. The number of hydrazone groups is 1. The van der Waals surface area contributed by atoms with Crippen LogP contribution < -0.4 is 5.32 Å². The lowest BCUT2D eigenvalue weighted by Crippen LogP contribution is -2.49. The van der Waals surface area contributed by atoms with Crippen LogP contribution in [-0.2, 0) is 9.59 Å². The molecule has 18 heavy (non-hydrogen) atoms. The van der Waals surface area contributed by atoms with Crippen LogP contribution in [0.4, 0.5) is 0 Å². The van der Waals surface area contributed by atoms with Crippen molar-refractivity contribution in [3.63, 3.8) is 0 Å². The van der Waals surface area contributed by atoms with E-state index >= 15 is 0 Å². The highest BCUT2D eigenvalue weighted by molar-refractivity contribution is 8.15. The maximum atomic E-state index is 11.8. The van der Waals surface area contributed by atoms with Gasteiger partial charge in [-0.25, -0.2) is 5.01 Å². The van der Waals surface area contributed by atoms with Crippen molar-refractivity contribution in [2.45, 2.75) is 51.3 Å². The van der Waals surface area contributed by atoms with Gasteiger partial charge < -0.3 is 5.32 Å². The second-order valence-corrected chi connectivity index (χ2v) is 6.31. The molecule has 0 aromatic heterocycles. The molecule has 2 atom stereocenters. The van der Waals surface area contributed by atoms with Crippen LogP contribution in [0, 0.1) is 5.92 Å². The summed E-state index contributed by atoms with van der Waals surface area (Å²) in [4.78, 5) is 22.6. The van der Waals surface area contributed by atoms with Gasteiger partial charge >= 0.3 is 0 Å². The molecule has 0 aromatic carbocycles. The van der Waals surface area contributed by atoms with Gasteiger partial charge in [-0.05, 0) is 18.8 Å². The minimum atomic E-state index is -0.290. The summed E-state index contributed by atoms with van der Waals surface area (Å²) < 4.78 is 0. The minimum absolute atomic E-state index is 0.0587. The van der Waals surface area contributed by atoms with Gasteiger partial charge in [-0.1, -0.05) is 31.5 Å². The largest absolute Gasteiger partial charge is 0.304 e. The number of hydrogen-bond donors (Lipinski definition) is 1. The molecule has 0 aromatic rings. The molecule has 0 saturated heterocycles. The summed E-state index contributed by atoms with van der Waals surface area (Å²) in [6.45, 7) is 5.15. The summed E-state index contributed by atoms with van der Waals surface area (Å²) in [5, 5.41) is 9.11. The molecule has 6 heteroatoms. The topological polar surface area (TPSA) is 61.8 Å². The lowest BCUT2D eigenvalue weighted by Gasteiger charge is -2.42. The van der Waals surface area contributed by atoms with Gasteiger partial charge in [0, 0.05) is 13.8 Å². The first-order valence-corrected chi connectivity index (χ1v) is 7.13. The summed E-state index contributed by atoms with van der Waals surface area (Å²) in [6, 6.07) is 0. The van der Waals surface area contributed by atoms with E-state index in [1.54, 1.807) is 5.01 Å². The molecule has 0 radical (unpaired) electrons. The SMILES string of the molecule is CC(=O)NC1=NN(C(C)=O)[C@]2(CCCC[C@H]2C)S1. The maximum Gasteiger partial charge on any atom is 0.240 e. The monoisotopic (exact) mass is 269 g/mol. The second-order valence-electron chi connectivity index (χ2n) is 5.01. The van der Waals surface area contributed by atoms with E-state index in [0.717, 1.165) is 19.3 Å². The van der Waals surface area contributed by atoms with Crippen molar-refractivity contribution in [3.05, 3.63) is 0 Å². The molecule has 5 nitrogen and oxygen atoms in total. The highest BCUT2D eigenvalue weighted by Crippen LogP contribution is 2.50. The third kappa shape index (κ3) is 2.25. The number of thioether (sulfide) groups is 1. The molecular formula is C12H19N3O2S. The normalized spacial score (nSPS) is 31.4. The van der Waals surface area contributed by atoms with Crippen LogP contribution in [0.1, 0.15) is 46.5 Å². The summed E-state index contributed by atoms with van der Waals surface area (Å²) in [7, 11) is 0. The number of nitrogens with one attached hydrogen (secondary N) is 1. The van der Waals surface area contributed by atoms with Crippen molar-refractivity contribution in [2.24, 2.45) is 11.0 Å². The number of rotatable bonds is 0. The molecule has 100 valence electrons. The smallest absolute Gasteiger partial charge is 0.240 e. The first-order valence-electron chi connectivity index (χ1n) is 6.32. The van der Waals surface area contributed by atoms with E-state index in [0.29, 0.717) is 11.1 Å². The van der Waals surface area contributed by atoms with Crippen LogP contribution in [-0.4, -0.2) is 26.9 Å². The van der Waals surface area contributed by atoms with Crippen LogP contribution in [0.3, 0.4) is 0 Å². The third-order valence-electron chi connectivity index (χ3n) is 3.60. The number of carbonyl (C=O) groups excluding carboxylic acids is 2. The zero-order valence-electron chi connectivity index (χ0n) is 11.0. The number of hydrogen-bond acceptors (Lipinski definition) is 4. The first kappa shape index (κ1) is 13.4. The van der Waals surface area contributed by atoms with Gasteiger partial charge in [0.05, 0.1) is 0 Å². The molecule has 1 spiro atoms. The van der Waals surface area contributed by atoms with E-state index in [9.17, 15) is 9.59 Å². The van der Waals surface area contributed by atoms with Gasteiger partial charge in [-0.3, -0.25) is 9.59 Å². The minimum Gasteiger partial charge on any atom is -0.304 e. The Labute approximate surface area is 111 Å². The van der Waals surface area contributed by atoms with E-state index < -0.39 is 0 Å². The maximum absolute atomic E-state index is 11.8. The Hall–Kier alpha value is -1.04. The Kier molecular flexibility index (Phi) is 3.66. The van der Waals surface area contributed by atoms with Crippen molar-refractivity contribution < 1.29 is 9.59 Å². The molecule has 0 unspecified atom stereocenters. The van der Waals surface area contributed by atoms with Crippen LogP contribution in [0.25, 0.3) is 0 Å². The van der Waals surface area contributed by atoms with Crippen molar-refractivity contribution in [1.29, 1.82) is 0 Å². The van der Waals surface area contributed by atoms with E-state index in [1.807, 2.05) is 0 Å². The van der Waals surface area contributed by atoms with Gasteiger partial charge in [0.2, 0.25) is 11.8 Å². The van der Waals surface area contributed by atoms with Crippen LogP contribution in [0.5, 0.6) is 0 Å². The predicted octanol–water partition coefficient (Wildman–Crippen LogP) is 1.90. The highest BCUT2D eigenvalue weighted by Gasteiger charge is 2.50. The van der Waals surface area contributed by atoms with Gasteiger partial charge in [-0.2, -0.15) is 0 Å². The standard InChI is InChI=1S/C12H19N3O2S/c1-8-6-4-5-7-12(8)15(10(3)17)14-11(18-12)13-9(2)16/h8H,4-7H2,1-3H3,(H,13,14,16)/t8-,12-/m1/s1. The lowest BCUT2D eigenvalue weighted by molar-refractivity contribution is -0.134. The average Bonchev–Trinajstić information content (AvgIpc) is 2.62. The van der Waals surface area contributed by atoms with Gasteiger partial charge in [0.1, 0.15) is 4.87 Å². The molecule has 1 aliphatic carbocycles. The fraction of sp³-hybridized carbons (Fsp3) is 0.750. The van der Waals surface area contributed by atoms with Gasteiger partial charge in [0.25, 0.3) is 0 Å². The summed E-state index contributed by atoms with van der Waals surface area (Å²) >= 11 is 1.53. The molecule has 1 heterocycles. The Bertz CT molecular complexity index is 410. The number of carbonyl (C=O) groups is 2. The molecule has 1 aliphatic heterocycles. The van der Waals surface area contributed by atoms with E-state index in [2.05, 4.69) is 17.3 Å². The van der Waals surface area contributed by atoms with Gasteiger partial charge in [0.15, 0.2) is 5.17 Å². The van der Waals surface area contributed by atoms with Crippen LogP contribution in [0.2, 0.25) is 0 Å². The Balaban J connectivity index is 2.26. The molecule has 2 aliphatic rings. The number of amidine groups is 1. The number of nitrogens with zero attached hydrogens (tertiary/aromatic N) is 2. The Morgan fingerprint density at radius 3 is 2.72 bits per heavy atom. The predicted molar refractivity (Wildman–Crippen MR) is 71.7 cm³/mol. The molecule has 1 N–H and O–H groups in total. The van der Waals surface area contributed by atoms with Crippen molar-refractivity contribution >= 4 is 28.7 Å². The number of amides is 2. The summed E-state index contributed by atoms with van der Waals surface area (Å²) in [5.74, 6) is 0.178.